The Hall–Kier alpha value is 0. The van der Waals surface area contributed by atoms with Crippen molar-refractivity contribution in [2.75, 3.05) is 0 Å². The molecule has 0 aliphatic heterocycles. The van der Waals surface area contributed by atoms with E-state index in [0.29, 0.717) is 0 Å². The lowest BCUT2D eigenvalue weighted by Gasteiger charge is -2.18. The lowest BCUT2D eigenvalue weighted by molar-refractivity contribution is 0.438. The van der Waals surface area contributed by atoms with E-state index in [2.05, 4.69) is 34.1 Å². The summed E-state index contributed by atoms with van der Waals surface area (Å²) in [5, 5.41) is 0. The summed E-state index contributed by atoms with van der Waals surface area (Å²) >= 11 is 0. The van der Waals surface area contributed by atoms with Gasteiger partial charge in [-0.15, -0.1) is 0 Å². The van der Waals surface area contributed by atoms with Gasteiger partial charge in [-0.3, -0.25) is 0 Å². The van der Waals surface area contributed by atoms with Gasteiger partial charge in [-0.1, -0.05) is 66.2 Å². The van der Waals surface area contributed by atoms with E-state index in [1.807, 2.05) is 0 Å². The van der Waals surface area contributed by atoms with Crippen LogP contribution in [0.25, 0.3) is 0 Å². The van der Waals surface area contributed by atoms with E-state index in [-0.39, 0.29) is 0 Å². The molecule has 0 saturated heterocycles. The number of hydrogen-bond donors (Lipinski definition) is 0. The van der Waals surface area contributed by atoms with Gasteiger partial charge < -0.3 is 0 Å². The molecule has 0 heterocycles. The maximum atomic E-state index is 2.58. The third kappa shape index (κ3) is 7.10. The van der Waals surface area contributed by atoms with Crippen LogP contribution in [0.2, 0.25) is 0 Å². The second-order valence-corrected chi connectivity index (χ2v) is 4.27. The van der Waals surface area contributed by atoms with Gasteiger partial charge in [-0.2, -0.15) is 0 Å². The second-order valence-electron chi connectivity index (χ2n) is 4.27. The predicted molar refractivity (Wildman–Crippen MR) is 61.7 cm³/mol. The summed E-state index contributed by atoms with van der Waals surface area (Å²) in [6.45, 7) is 9.23. The van der Waals surface area contributed by atoms with Crippen LogP contribution in [0.4, 0.5) is 0 Å². The van der Waals surface area contributed by atoms with E-state index in [1.54, 1.807) is 0 Å². The van der Waals surface area contributed by atoms with Crippen molar-refractivity contribution < 1.29 is 0 Å². The SMILES string of the molecule is CCCCC([CH]C(C)CCC)CC. The topological polar surface area (TPSA) is 0 Å². The molecule has 0 heteroatoms. The molecule has 0 aromatic heterocycles. The van der Waals surface area contributed by atoms with Gasteiger partial charge in [0.1, 0.15) is 0 Å². The molecule has 0 aliphatic rings. The molecule has 0 saturated carbocycles. The molecule has 0 N–H and O–H groups in total. The van der Waals surface area contributed by atoms with E-state index in [0.717, 1.165) is 11.8 Å². The first-order chi connectivity index (χ1) is 6.24. The lowest BCUT2D eigenvalue weighted by atomic mass is 9.88. The fourth-order valence-corrected chi connectivity index (χ4v) is 1.92. The minimum Gasteiger partial charge on any atom is -0.0654 e. The summed E-state index contributed by atoms with van der Waals surface area (Å²) in [5.41, 5.74) is 0. The maximum absolute atomic E-state index is 2.58. The molecule has 2 atom stereocenters. The van der Waals surface area contributed by atoms with Crippen LogP contribution in [-0.2, 0) is 0 Å². The van der Waals surface area contributed by atoms with Gasteiger partial charge >= 0.3 is 0 Å². The maximum Gasteiger partial charge on any atom is -0.0327 e. The first-order valence-electron chi connectivity index (χ1n) is 6.09. The van der Waals surface area contributed by atoms with E-state index in [4.69, 9.17) is 0 Å². The zero-order valence-electron chi connectivity index (χ0n) is 9.97. The summed E-state index contributed by atoms with van der Waals surface area (Å²) < 4.78 is 0. The smallest absolute Gasteiger partial charge is 0.0327 e. The first-order valence-corrected chi connectivity index (χ1v) is 6.09. The van der Waals surface area contributed by atoms with Crippen LogP contribution >= 0.6 is 0 Å². The predicted octanol–water partition coefficient (Wildman–Crippen LogP) is 4.84. The van der Waals surface area contributed by atoms with Crippen molar-refractivity contribution >= 4 is 0 Å². The van der Waals surface area contributed by atoms with E-state index in [1.165, 1.54) is 38.5 Å². The summed E-state index contributed by atoms with van der Waals surface area (Å²) in [6.07, 6.45) is 10.7. The minimum atomic E-state index is 0.826. The van der Waals surface area contributed by atoms with Crippen molar-refractivity contribution in [3.8, 4) is 0 Å². The van der Waals surface area contributed by atoms with Gasteiger partial charge in [0, 0.05) is 0 Å². The Morgan fingerprint density at radius 1 is 1.00 bits per heavy atom. The van der Waals surface area contributed by atoms with Gasteiger partial charge in [-0.05, 0) is 18.3 Å². The average molecular weight is 183 g/mol. The zero-order valence-corrected chi connectivity index (χ0v) is 9.97. The molecule has 1 radical (unpaired) electrons. The van der Waals surface area contributed by atoms with Crippen LogP contribution in [0.5, 0.6) is 0 Å². The van der Waals surface area contributed by atoms with Gasteiger partial charge in [0.25, 0.3) is 0 Å². The number of unbranched alkanes of at least 4 members (excludes halogenated alkanes) is 1. The van der Waals surface area contributed by atoms with E-state index >= 15 is 0 Å². The van der Waals surface area contributed by atoms with Crippen molar-refractivity contribution in [3.05, 3.63) is 6.42 Å². The van der Waals surface area contributed by atoms with Crippen molar-refractivity contribution in [1.29, 1.82) is 0 Å². The molecule has 0 aromatic carbocycles. The molecular formula is C13H27. The summed E-state index contributed by atoms with van der Waals surface area (Å²) in [7, 11) is 0. The van der Waals surface area contributed by atoms with Gasteiger partial charge in [0.15, 0.2) is 0 Å². The van der Waals surface area contributed by atoms with Crippen LogP contribution in [0.15, 0.2) is 0 Å². The van der Waals surface area contributed by atoms with Crippen molar-refractivity contribution in [2.45, 2.75) is 66.2 Å². The van der Waals surface area contributed by atoms with E-state index < -0.39 is 0 Å². The highest BCUT2D eigenvalue weighted by Gasteiger charge is 2.10. The van der Waals surface area contributed by atoms with Crippen LogP contribution in [0, 0.1) is 18.3 Å². The second kappa shape index (κ2) is 8.59. The van der Waals surface area contributed by atoms with Crippen molar-refractivity contribution in [2.24, 2.45) is 11.8 Å². The van der Waals surface area contributed by atoms with Gasteiger partial charge in [0.05, 0.1) is 0 Å². The number of hydrogen-bond acceptors (Lipinski definition) is 0. The van der Waals surface area contributed by atoms with Crippen LogP contribution in [-0.4, -0.2) is 0 Å². The molecule has 0 bridgehead atoms. The Labute approximate surface area is 85.1 Å². The molecule has 79 valence electrons. The lowest BCUT2D eigenvalue weighted by Crippen LogP contribution is -2.06. The normalized spacial score (nSPS) is 15.7. The fraction of sp³-hybridized carbons (Fsp3) is 0.923. The summed E-state index contributed by atoms with van der Waals surface area (Å²) in [5.74, 6) is 1.70. The summed E-state index contributed by atoms with van der Waals surface area (Å²) in [4.78, 5) is 0. The molecular weight excluding hydrogens is 156 g/mol. The summed E-state index contributed by atoms with van der Waals surface area (Å²) in [6, 6.07) is 0. The van der Waals surface area contributed by atoms with Crippen LogP contribution < -0.4 is 0 Å². The van der Waals surface area contributed by atoms with Gasteiger partial charge in [-0.25, -0.2) is 0 Å². The largest absolute Gasteiger partial charge is 0.0654 e. The molecule has 0 nitrogen and oxygen atoms in total. The first kappa shape index (κ1) is 13.0. The highest BCUT2D eigenvalue weighted by molar-refractivity contribution is 4.80. The highest BCUT2D eigenvalue weighted by atomic mass is 14.2. The third-order valence-electron chi connectivity index (χ3n) is 2.80. The van der Waals surface area contributed by atoms with Crippen molar-refractivity contribution in [3.63, 3.8) is 0 Å². The Kier molecular flexibility index (Phi) is 8.59. The van der Waals surface area contributed by atoms with E-state index in [9.17, 15) is 0 Å². The standard InChI is InChI=1S/C13H27/c1-5-8-10-13(7-3)11-12(4)9-6-2/h11-13H,5-10H2,1-4H3. The molecule has 13 heavy (non-hydrogen) atoms. The quantitative estimate of drug-likeness (QED) is 0.505. The minimum absolute atomic E-state index is 0.826. The van der Waals surface area contributed by atoms with Gasteiger partial charge in [0.2, 0.25) is 0 Å². The third-order valence-corrected chi connectivity index (χ3v) is 2.80. The Morgan fingerprint density at radius 3 is 2.15 bits per heavy atom. The number of rotatable bonds is 8. The monoisotopic (exact) mass is 183 g/mol. The molecule has 2 unspecified atom stereocenters. The van der Waals surface area contributed by atoms with Crippen molar-refractivity contribution in [1.82, 2.24) is 0 Å². The zero-order chi connectivity index (χ0) is 10.1. The van der Waals surface area contributed by atoms with Crippen LogP contribution in [0.1, 0.15) is 66.2 Å². The molecule has 0 amide bonds. The molecule has 0 aromatic rings. The fourth-order valence-electron chi connectivity index (χ4n) is 1.92. The average Bonchev–Trinajstić information content (AvgIpc) is 2.12. The molecule has 0 fully saturated rings. The Bertz CT molecular complexity index is 96.2. The molecule has 0 spiro atoms. The highest BCUT2D eigenvalue weighted by Crippen LogP contribution is 2.22. The molecule has 0 aliphatic carbocycles. The Balaban J connectivity index is 3.56. The van der Waals surface area contributed by atoms with Crippen LogP contribution in [0.3, 0.4) is 0 Å². The Morgan fingerprint density at radius 2 is 1.69 bits per heavy atom. The molecule has 0 rings (SSSR count).